The number of carbonyl (C=O) groups excluding carboxylic acids is 3. The lowest BCUT2D eigenvalue weighted by Gasteiger charge is -2.49. The van der Waals surface area contributed by atoms with Gasteiger partial charge in [-0.2, -0.15) is 9.36 Å². The lowest BCUT2D eigenvalue weighted by molar-refractivity contribution is -0.675. The van der Waals surface area contributed by atoms with Gasteiger partial charge in [0.15, 0.2) is 12.7 Å². The summed E-state index contributed by atoms with van der Waals surface area (Å²) in [6.07, 6.45) is 4.52. The Bertz CT molecular complexity index is 1580. The summed E-state index contributed by atoms with van der Waals surface area (Å²) in [5.74, 6) is -1.34. The quantitative estimate of drug-likeness (QED) is 0.0394. The van der Waals surface area contributed by atoms with Gasteiger partial charge in [-0.1, -0.05) is 10.1 Å². The van der Waals surface area contributed by atoms with E-state index in [9.17, 15) is 18.8 Å². The Labute approximate surface area is 305 Å². The van der Waals surface area contributed by atoms with Crippen LogP contribution in [0.1, 0.15) is 19.2 Å². The molecule has 0 aliphatic carbocycles. The van der Waals surface area contributed by atoms with Crippen molar-refractivity contribution in [3.63, 3.8) is 0 Å². The van der Waals surface area contributed by atoms with E-state index in [1.54, 1.807) is 12.9 Å². The number of nitrogens with zero attached hydrogens (tertiary/aromatic N) is 8. The first-order valence-corrected chi connectivity index (χ1v) is 18.0. The minimum absolute atomic E-state index is 0. The van der Waals surface area contributed by atoms with E-state index in [2.05, 4.69) is 39.5 Å². The fourth-order valence-electron chi connectivity index (χ4n) is 4.95. The summed E-state index contributed by atoms with van der Waals surface area (Å²) < 4.78 is 24.0. The number of thioether (sulfide) groups is 1. The van der Waals surface area contributed by atoms with Crippen LogP contribution in [0.5, 0.6) is 0 Å². The van der Waals surface area contributed by atoms with Gasteiger partial charge in [-0.25, -0.2) is 13.8 Å². The second kappa shape index (κ2) is 18.2. The van der Waals surface area contributed by atoms with Crippen molar-refractivity contribution in [3.8, 4) is 0 Å². The third-order valence-electron chi connectivity index (χ3n) is 6.97. The predicted octanol–water partition coefficient (Wildman–Crippen LogP) is -1.82. The number of anilines is 2. The van der Waals surface area contributed by atoms with E-state index in [-0.39, 0.29) is 47.2 Å². The molecule has 3 N–H and O–H groups in total. The number of nitrogen functional groups attached to an aromatic ring is 1. The summed E-state index contributed by atoms with van der Waals surface area (Å²) in [4.78, 5) is 58.8. The van der Waals surface area contributed by atoms with Gasteiger partial charge >= 0.3 is 11.8 Å². The van der Waals surface area contributed by atoms with E-state index in [4.69, 9.17) is 17.8 Å². The largest absolute Gasteiger partial charge is 1.00 e. The fourth-order valence-corrected chi connectivity index (χ4v) is 7.07. The zero-order valence-corrected chi connectivity index (χ0v) is 31.7. The average Bonchev–Trinajstić information content (AvgIpc) is 3.45. The number of rotatable bonds is 15. The molecule has 21 heteroatoms. The molecule has 3 unspecified atom stereocenters. The van der Waals surface area contributed by atoms with Gasteiger partial charge in [-0.3, -0.25) is 14.5 Å². The maximum Gasteiger partial charge on any atom is 0.357 e. The number of nitrogens with two attached hydrogens (primary N) is 1. The van der Waals surface area contributed by atoms with Crippen molar-refractivity contribution in [3.05, 3.63) is 35.4 Å². The topological polar surface area (TPSA) is 172 Å². The van der Waals surface area contributed by atoms with Crippen molar-refractivity contribution >= 4 is 85.2 Å². The Morgan fingerprint density at radius 2 is 2.10 bits per heavy atom. The number of halogens is 2. The highest BCUT2D eigenvalue weighted by molar-refractivity contribution is 8.00. The lowest BCUT2D eigenvalue weighted by atomic mass is 10.0. The molecule has 2 amide bonds. The van der Waals surface area contributed by atoms with Crippen molar-refractivity contribution in [2.24, 2.45) is 10.1 Å². The van der Waals surface area contributed by atoms with Gasteiger partial charge in [-0.05, 0) is 52.8 Å². The Morgan fingerprint density at radius 3 is 2.73 bits per heavy atom. The first-order chi connectivity index (χ1) is 22.5. The standard InChI is InChI=1S/C27H35BFN10O5PS2.HI/c1-6-31-22-17(37(4)11-8-10-36(2)3)9-7-12-38(22)13-16-14-46-25-19(24(41)39(25)20(16)26(42)44-45(5)28)32-23(40)18(34-43-15-29)21-33-27(30)47-35-21;/h6-7,9,12,19,25H,8,10-11,13-15H2,1-5H3,(H2-,30,32,33,35,40);1H/b34-18-;. The van der Waals surface area contributed by atoms with Crippen LogP contribution in [0.15, 0.2) is 39.7 Å². The number of hydrogen-bond acceptors (Lipinski definition) is 14. The van der Waals surface area contributed by atoms with Gasteiger partial charge in [0.25, 0.3) is 18.7 Å². The van der Waals surface area contributed by atoms with E-state index >= 15 is 0 Å². The molecule has 48 heavy (non-hydrogen) atoms. The maximum absolute atomic E-state index is 13.6. The second-order valence-electron chi connectivity index (χ2n) is 10.7. The molecule has 0 bridgehead atoms. The molecule has 4 rings (SSSR count). The number of aliphatic imine (C=N–C) groups is 1. The number of amides is 2. The molecule has 2 aromatic heterocycles. The minimum atomic E-state index is -1.59. The smallest absolute Gasteiger partial charge is 0.357 e. The molecule has 258 valence electrons. The number of hydrogen-bond donors (Lipinski definition) is 2. The number of aromatic nitrogens is 3. The molecule has 15 nitrogen and oxygen atoms in total. The van der Waals surface area contributed by atoms with E-state index in [0.717, 1.165) is 36.7 Å². The number of oxime groups is 1. The molecule has 3 atom stereocenters. The van der Waals surface area contributed by atoms with Crippen molar-refractivity contribution in [1.82, 2.24) is 24.5 Å². The number of fused-ring (bicyclic) bond motifs is 1. The fraction of sp³-hybridized carbons (Fsp3) is 0.481. The summed E-state index contributed by atoms with van der Waals surface area (Å²) in [5, 5.41) is 5.47. The van der Waals surface area contributed by atoms with Gasteiger partial charge in [0.05, 0.1) is 6.20 Å². The molecular formula is C27H36BFIN10O5PS2. The molecule has 0 saturated carbocycles. The SMILES string of the molecule is [B]P(C)OC(=O)C1=C(C[n+]2cccc(N(C)CCCN(C)C)c2N=CC)CSC2C(NC(=O)/C(=N\OCF)c3nsc(N)n3)C(=O)N12.[I-]. The van der Waals surface area contributed by atoms with Gasteiger partial charge < -0.3 is 54.2 Å². The Kier molecular flexibility index (Phi) is 15.0. The summed E-state index contributed by atoms with van der Waals surface area (Å²) in [6.45, 7) is 4.07. The average molecular weight is 832 g/mol. The highest BCUT2D eigenvalue weighted by Gasteiger charge is 2.55. The van der Waals surface area contributed by atoms with Crippen LogP contribution in [-0.2, 0) is 30.3 Å². The van der Waals surface area contributed by atoms with Gasteiger partial charge in [0.1, 0.15) is 35.6 Å². The summed E-state index contributed by atoms with van der Waals surface area (Å²) in [5.41, 5.74) is 6.77. The van der Waals surface area contributed by atoms with Crippen LogP contribution in [-0.4, -0.2) is 121 Å². The Hall–Kier alpha value is -2.94. The number of carbonyl (C=O) groups is 3. The molecule has 0 spiro atoms. The Morgan fingerprint density at radius 1 is 1.35 bits per heavy atom. The third kappa shape index (κ3) is 9.39. The number of nitrogens with one attached hydrogen (secondary N) is 1. The van der Waals surface area contributed by atoms with E-state index in [1.807, 2.05) is 51.0 Å². The van der Waals surface area contributed by atoms with Crippen molar-refractivity contribution in [2.75, 3.05) is 64.1 Å². The molecule has 2 radical (unpaired) electrons. The van der Waals surface area contributed by atoms with Gasteiger partial charge in [0, 0.05) is 44.5 Å². The van der Waals surface area contributed by atoms with Crippen LogP contribution in [0, 0.1) is 0 Å². The molecule has 2 aromatic rings. The molecule has 0 aromatic carbocycles. The van der Waals surface area contributed by atoms with Crippen LogP contribution in [0.3, 0.4) is 0 Å². The van der Waals surface area contributed by atoms with Crippen LogP contribution < -0.4 is 44.5 Å². The minimum Gasteiger partial charge on any atom is -1.00 e. The zero-order chi connectivity index (χ0) is 34.2. The first-order valence-electron chi connectivity index (χ1n) is 14.4. The first kappa shape index (κ1) is 39.5. The highest BCUT2D eigenvalue weighted by Crippen LogP contribution is 2.42. The van der Waals surface area contributed by atoms with Crippen molar-refractivity contribution < 1.29 is 56.7 Å². The van der Waals surface area contributed by atoms with Crippen LogP contribution in [0.4, 0.5) is 21.0 Å². The molecule has 2 aliphatic rings. The molecule has 1 saturated heterocycles. The van der Waals surface area contributed by atoms with Crippen molar-refractivity contribution in [1.29, 1.82) is 0 Å². The van der Waals surface area contributed by atoms with Gasteiger partial charge in [0.2, 0.25) is 11.5 Å². The predicted molar refractivity (Wildman–Crippen MR) is 182 cm³/mol. The van der Waals surface area contributed by atoms with E-state index in [1.165, 1.54) is 16.7 Å². The summed E-state index contributed by atoms with van der Waals surface area (Å²) in [6, 6.07) is 2.85. The highest BCUT2D eigenvalue weighted by atomic mass is 127. The molecule has 4 heterocycles. The Balaban J connectivity index is 0.00000625. The molecule has 1 fully saturated rings. The van der Waals surface area contributed by atoms with Crippen molar-refractivity contribution in [2.45, 2.75) is 31.3 Å². The van der Waals surface area contributed by atoms with Crippen LogP contribution in [0.2, 0.25) is 0 Å². The number of β-lactam (4-membered cyclic amide) rings is 1. The normalized spacial score (nSPS) is 18.3. The summed E-state index contributed by atoms with van der Waals surface area (Å²) >= 11 is 2.17. The lowest BCUT2D eigenvalue weighted by Crippen LogP contribution is -3.00. The second-order valence-corrected chi connectivity index (χ2v) is 13.8. The molecular weight excluding hydrogens is 796 g/mol. The summed E-state index contributed by atoms with van der Waals surface area (Å²) in [7, 11) is 10.3. The maximum atomic E-state index is 13.6. The third-order valence-corrected chi connectivity index (χ3v) is 9.31. The van der Waals surface area contributed by atoms with E-state index < -0.39 is 49.8 Å². The van der Waals surface area contributed by atoms with E-state index in [0.29, 0.717) is 17.1 Å². The van der Waals surface area contributed by atoms with Crippen LogP contribution >= 0.6 is 31.3 Å². The monoisotopic (exact) mass is 832 g/mol. The van der Waals surface area contributed by atoms with Gasteiger partial charge in [-0.15, -0.1) is 11.8 Å². The number of pyridine rings is 1. The molecule has 2 aliphatic heterocycles. The van der Waals surface area contributed by atoms with Crippen LogP contribution in [0.25, 0.3) is 0 Å². The zero-order valence-electron chi connectivity index (χ0n) is 27.0. The number of alkyl halides is 1.